The molecule has 0 aliphatic rings. The number of hydrogen-bond donors (Lipinski definition) is 0. The number of methoxy groups -OCH3 is 1. The highest BCUT2D eigenvalue weighted by atomic mass is 32.1. The SMILES string of the molecule is COC(=O)Cn1c(=NC(=O)c2ccccc2Oc2ccccc2)sc2c(C)cc(C)cc21. The van der Waals surface area contributed by atoms with Crippen molar-refractivity contribution in [3.05, 3.63) is 88.2 Å². The summed E-state index contributed by atoms with van der Waals surface area (Å²) in [5.41, 5.74) is 3.31. The van der Waals surface area contributed by atoms with Gasteiger partial charge in [-0.25, -0.2) is 0 Å². The van der Waals surface area contributed by atoms with Crippen molar-refractivity contribution in [3.8, 4) is 11.5 Å². The molecule has 0 saturated carbocycles. The normalized spacial score (nSPS) is 11.5. The molecule has 0 aliphatic carbocycles. The molecule has 0 saturated heterocycles. The van der Waals surface area contributed by atoms with Gasteiger partial charge in [0.05, 0.1) is 22.9 Å². The second kappa shape index (κ2) is 9.20. The van der Waals surface area contributed by atoms with E-state index in [9.17, 15) is 9.59 Å². The molecule has 0 bridgehead atoms. The number of ether oxygens (including phenoxy) is 2. The Morgan fingerprint density at radius 3 is 2.47 bits per heavy atom. The third kappa shape index (κ3) is 4.48. The highest BCUT2D eigenvalue weighted by Crippen LogP contribution is 2.26. The molecule has 1 aromatic heterocycles. The van der Waals surface area contributed by atoms with Gasteiger partial charge in [0.1, 0.15) is 18.0 Å². The predicted octanol–water partition coefficient (Wildman–Crippen LogP) is 5.03. The molecule has 0 N–H and O–H groups in total. The van der Waals surface area contributed by atoms with Gasteiger partial charge in [0, 0.05) is 0 Å². The number of aryl methyl sites for hydroxylation is 2. The van der Waals surface area contributed by atoms with Crippen LogP contribution >= 0.6 is 11.3 Å². The number of aromatic nitrogens is 1. The van der Waals surface area contributed by atoms with Crippen LogP contribution in [0.5, 0.6) is 11.5 Å². The quantitative estimate of drug-likeness (QED) is 0.403. The number of carbonyl (C=O) groups is 2. The predicted molar refractivity (Wildman–Crippen MR) is 124 cm³/mol. The average molecular weight is 447 g/mol. The van der Waals surface area contributed by atoms with Crippen LogP contribution in [0.4, 0.5) is 0 Å². The van der Waals surface area contributed by atoms with Crippen LogP contribution in [-0.4, -0.2) is 23.6 Å². The first-order valence-electron chi connectivity index (χ1n) is 10.0. The second-order valence-electron chi connectivity index (χ2n) is 7.31. The van der Waals surface area contributed by atoms with E-state index in [-0.39, 0.29) is 6.54 Å². The van der Waals surface area contributed by atoms with Crippen LogP contribution in [-0.2, 0) is 16.1 Å². The highest BCUT2D eigenvalue weighted by Gasteiger charge is 2.16. The van der Waals surface area contributed by atoms with Crippen molar-refractivity contribution in [2.45, 2.75) is 20.4 Å². The van der Waals surface area contributed by atoms with Crippen molar-refractivity contribution >= 4 is 33.4 Å². The highest BCUT2D eigenvalue weighted by molar-refractivity contribution is 7.16. The van der Waals surface area contributed by atoms with E-state index in [4.69, 9.17) is 9.47 Å². The summed E-state index contributed by atoms with van der Waals surface area (Å²) in [6, 6.07) is 20.3. The van der Waals surface area contributed by atoms with E-state index < -0.39 is 11.9 Å². The molecule has 3 aromatic carbocycles. The van der Waals surface area contributed by atoms with Crippen LogP contribution in [0.15, 0.2) is 71.7 Å². The van der Waals surface area contributed by atoms with E-state index in [0.29, 0.717) is 21.9 Å². The lowest BCUT2D eigenvalue weighted by Crippen LogP contribution is -2.22. The number of nitrogens with zero attached hydrogens (tertiary/aromatic N) is 2. The minimum absolute atomic E-state index is 0.0341. The monoisotopic (exact) mass is 446 g/mol. The van der Waals surface area contributed by atoms with Gasteiger partial charge in [0.15, 0.2) is 4.80 Å². The number of benzene rings is 3. The Balaban J connectivity index is 1.81. The van der Waals surface area contributed by atoms with Crippen LogP contribution in [0.3, 0.4) is 0 Å². The number of para-hydroxylation sites is 2. The molecule has 0 atom stereocenters. The standard InChI is InChI=1S/C25H22N2O4S/c1-16-13-17(2)23-20(14-16)27(15-22(28)30-3)25(32-23)26-24(29)19-11-7-8-12-21(19)31-18-9-5-4-6-10-18/h4-14H,15H2,1-3H3. The van der Waals surface area contributed by atoms with Gasteiger partial charge >= 0.3 is 5.97 Å². The Labute approximate surface area is 189 Å². The van der Waals surface area contributed by atoms with Gasteiger partial charge in [-0.1, -0.05) is 47.7 Å². The summed E-state index contributed by atoms with van der Waals surface area (Å²) in [6.45, 7) is 3.96. The van der Waals surface area contributed by atoms with Gasteiger partial charge in [-0.05, 0) is 55.3 Å². The lowest BCUT2D eigenvalue weighted by Gasteiger charge is -2.09. The Morgan fingerprint density at radius 1 is 1.00 bits per heavy atom. The van der Waals surface area contributed by atoms with Crippen molar-refractivity contribution in [1.82, 2.24) is 4.57 Å². The van der Waals surface area contributed by atoms with Crippen molar-refractivity contribution in [2.75, 3.05) is 7.11 Å². The zero-order valence-corrected chi connectivity index (χ0v) is 18.8. The number of hydrogen-bond acceptors (Lipinski definition) is 5. The third-order valence-corrected chi connectivity index (χ3v) is 6.14. The molecule has 4 aromatic rings. The Kier molecular flexibility index (Phi) is 6.18. The van der Waals surface area contributed by atoms with Crippen LogP contribution < -0.4 is 9.54 Å². The smallest absolute Gasteiger partial charge is 0.325 e. The first kappa shape index (κ1) is 21.5. The topological polar surface area (TPSA) is 69.9 Å². The molecule has 0 radical (unpaired) electrons. The summed E-state index contributed by atoms with van der Waals surface area (Å²) in [6.07, 6.45) is 0. The second-order valence-corrected chi connectivity index (χ2v) is 8.28. The van der Waals surface area contributed by atoms with E-state index in [1.807, 2.05) is 50.2 Å². The maximum absolute atomic E-state index is 13.2. The van der Waals surface area contributed by atoms with Crippen LogP contribution in [0.1, 0.15) is 21.5 Å². The fourth-order valence-corrected chi connectivity index (χ4v) is 4.52. The van der Waals surface area contributed by atoms with E-state index in [2.05, 4.69) is 11.1 Å². The molecule has 1 heterocycles. The van der Waals surface area contributed by atoms with E-state index in [0.717, 1.165) is 21.3 Å². The van der Waals surface area contributed by atoms with Crippen LogP contribution in [0.2, 0.25) is 0 Å². The lowest BCUT2D eigenvalue weighted by molar-refractivity contribution is -0.141. The molecule has 7 heteroatoms. The average Bonchev–Trinajstić information content (AvgIpc) is 3.12. The maximum Gasteiger partial charge on any atom is 0.325 e. The van der Waals surface area contributed by atoms with Crippen LogP contribution in [0.25, 0.3) is 10.2 Å². The number of carbonyl (C=O) groups excluding carboxylic acids is 2. The zero-order valence-electron chi connectivity index (χ0n) is 18.0. The summed E-state index contributed by atoms with van der Waals surface area (Å²) in [7, 11) is 1.34. The van der Waals surface area contributed by atoms with Gasteiger partial charge in [-0.15, -0.1) is 0 Å². The molecule has 0 aliphatic heterocycles. The zero-order chi connectivity index (χ0) is 22.7. The molecule has 4 rings (SSSR count). The molecule has 32 heavy (non-hydrogen) atoms. The van der Waals surface area contributed by atoms with Crippen molar-refractivity contribution in [3.63, 3.8) is 0 Å². The van der Waals surface area contributed by atoms with Gasteiger partial charge in [-0.2, -0.15) is 4.99 Å². The van der Waals surface area contributed by atoms with Crippen molar-refractivity contribution in [1.29, 1.82) is 0 Å². The lowest BCUT2D eigenvalue weighted by atomic mass is 10.1. The molecular formula is C25H22N2O4S. The molecule has 0 spiro atoms. The fourth-order valence-electron chi connectivity index (χ4n) is 3.44. The summed E-state index contributed by atoms with van der Waals surface area (Å²) in [5, 5.41) is 0. The first-order chi connectivity index (χ1) is 15.5. The van der Waals surface area contributed by atoms with Gasteiger partial charge in [0.25, 0.3) is 5.91 Å². The van der Waals surface area contributed by atoms with Gasteiger partial charge < -0.3 is 14.0 Å². The Hall–Kier alpha value is -3.71. The first-order valence-corrected chi connectivity index (χ1v) is 10.9. The molecule has 162 valence electrons. The summed E-state index contributed by atoms with van der Waals surface area (Å²) in [5.74, 6) is 0.184. The number of amides is 1. The Bertz CT molecular complexity index is 1370. The van der Waals surface area contributed by atoms with E-state index in [1.54, 1.807) is 28.8 Å². The van der Waals surface area contributed by atoms with Gasteiger partial charge in [0.2, 0.25) is 0 Å². The number of esters is 1. The van der Waals surface area contributed by atoms with E-state index >= 15 is 0 Å². The maximum atomic E-state index is 13.2. The fraction of sp³-hybridized carbons (Fsp3) is 0.160. The molecule has 1 amide bonds. The van der Waals surface area contributed by atoms with E-state index in [1.165, 1.54) is 18.4 Å². The Morgan fingerprint density at radius 2 is 1.72 bits per heavy atom. The summed E-state index contributed by atoms with van der Waals surface area (Å²) >= 11 is 1.37. The molecule has 0 fully saturated rings. The van der Waals surface area contributed by atoms with Gasteiger partial charge in [-0.3, -0.25) is 9.59 Å². The third-order valence-electron chi connectivity index (χ3n) is 4.91. The number of thiazole rings is 1. The van der Waals surface area contributed by atoms with Crippen LogP contribution in [0, 0.1) is 13.8 Å². The summed E-state index contributed by atoms with van der Waals surface area (Å²) < 4.78 is 13.5. The minimum atomic E-state index is -0.448. The largest absolute Gasteiger partial charge is 0.468 e. The van der Waals surface area contributed by atoms with Crippen molar-refractivity contribution in [2.24, 2.45) is 4.99 Å². The molecule has 6 nitrogen and oxygen atoms in total. The number of fused-ring (bicyclic) bond motifs is 1. The van der Waals surface area contributed by atoms with Crippen molar-refractivity contribution < 1.29 is 19.1 Å². The number of rotatable bonds is 5. The molecule has 0 unspecified atom stereocenters. The molecular weight excluding hydrogens is 424 g/mol. The summed E-state index contributed by atoms with van der Waals surface area (Å²) in [4.78, 5) is 30.1. The minimum Gasteiger partial charge on any atom is -0.468 e.